The summed E-state index contributed by atoms with van der Waals surface area (Å²) in [5.41, 5.74) is -0.598. The summed E-state index contributed by atoms with van der Waals surface area (Å²) in [7, 11) is 1.55. The lowest BCUT2D eigenvalue weighted by molar-refractivity contribution is -0.137. The quantitative estimate of drug-likeness (QED) is 0.541. The maximum absolute atomic E-state index is 13.0. The molecule has 0 radical (unpaired) electrons. The zero-order chi connectivity index (χ0) is 21.4. The molecule has 0 saturated heterocycles. The minimum Gasteiger partial charge on any atom is -0.497 e. The van der Waals surface area contributed by atoms with Crippen molar-refractivity contribution < 1.29 is 23.9 Å². The summed E-state index contributed by atoms with van der Waals surface area (Å²) in [6, 6.07) is 15.4. The Kier molecular flexibility index (Phi) is 7.06. The summed E-state index contributed by atoms with van der Waals surface area (Å²) in [5, 5.41) is 5.56. The van der Waals surface area contributed by atoms with Gasteiger partial charge in [0.1, 0.15) is 23.6 Å². The number of carbonyl (C=O) groups excluding carboxylic acids is 3. The molecule has 1 aliphatic rings. The van der Waals surface area contributed by atoms with Gasteiger partial charge in [-0.1, -0.05) is 37.5 Å². The van der Waals surface area contributed by atoms with E-state index >= 15 is 0 Å². The van der Waals surface area contributed by atoms with Crippen LogP contribution in [-0.4, -0.2) is 37.0 Å². The van der Waals surface area contributed by atoms with Crippen molar-refractivity contribution in [1.82, 2.24) is 10.6 Å². The summed E-state index contributed by atoms with van der Waals surface area (Å²) < 4.78 is 10.3. The van der Waals surface area contributed by atoms with Gasteiger partial charge in [-0.15, -0.1) is 0 Å². The molecule has 0 atom stereocenters. The maximum Gasteiger partial charge on any atom is 0.330 e. The molecule has 2 aromatic carbocycles. The molecule has 158 valence electrons. The summed E-state index contributed by atoms with van der Waals surface area (Å²) in [6.07, 6.45) is 3.70. The zero-order valence-electron chi connectivity index (χ0n) is 17.0. The molecule has 2 aromatic rings. The number of hydrogen-bond donors (Lipinski definition) is 2. The van der Waals surface area contributed by atoms with E-state index in [0.29, 0.717) is 29.9 Å². The fourth-order valence-corrected chi connectivity index (χ4v) is 3.57. The number of hydrogen-bond acceptors (Lipinski definition) is 5. The Hall–Kier alpha value is -3.35. The first-order chi connectivity index (χ1) is 14.5. The molecule has 30 heavy (non-hydrogen) atoms. The summed E-state index contributed by atoms with van der Waals surface area (Å²) in [4.78, 5) is 37.8. The van der Waals surface area contributed by atoms with E-state index in [-0.39, 0.29) is 18.4 Å². The number of ether oxygens (including phenoxy) is 2. The van der Waals surface area contributed by atoms with Crippen LogP contribution in [0.2, 0.25) is 0 Å². The molecule has 0 aromatic heterocycles. The molecule has 2 amide bonds. The number of carbonyl (C=O) groups is 3. The Morgan fingerprint density at radius 2 is 1.57 bits per heavy atom. The number of nitrogens with one attached hydrogen (secondary N) is 2. The normalized spacial score (nSPS) is 15.0. The highest BCUT2D eigenvalue weighted by atomic mass is 16.5. The molecule has 1 aliphatic carbocycles. The minimum absolute atomic E-state index is 0.270. The molecule has 1 saturated carbocycles. The van der Waals surface area contributed by atoms with Crippen molar-refractivity contribution >= 4 is 17.8 Å². The molecule has 0 spiro atoms. The van der Waals surface area contributed by atoms with Crippen molar-refractivity contribution in [3.05, 3.63) is 60.2 Å². The lowest BCUT2D eigenvalue weighted by atomic mass is 9.80. The minimum atomic E-state index is -1.04. The SMILES string of the molecule is COc1ccc(C(=O)NC2(C(=O)NCC(=O)Oc3ccccc3)CCCCC2)cc1. The summed E-state index contributed by atoms with van der Waals surface area (Å²) in [5.74, 6) is -0.205. The third-order valence-electron chi connectivity index (χ3n) is 5.21. The average Bonchev–Trinajstić information content (AvgIpc) is 2.78. The van der Waals surface area contributed by atoms with Crippen LogP contribution in [0.3, 0.4) is 0 Å². The first-order valence-corrected chi connectivity index (χ1v) is 10.0. The van der Waals surface area contributed by atoms with Gasteiger partial charge in [-0.05, 0) is 49.2 Å². The number of para-hydroxylation sites is 1. The monoisotopic (exact) mass is 410 g/mol. The van der Waals surface area contributed by atoms with Gasteiger partial charge in [0.05, 0.1) is 7.11 Å². The molecule has 0 aliphatic heterocycles. The van der Waals surface area contributed by atoms with Gasteiger partial charge in [0.15, 0.2) is 0 Å². The van der Waals surface area contributed by atoms with Gasteiger partial charge in [0.25, 0.3) is 5.91 Å². The molecule has 0 heterocycles. The van der Waals surface area contributed by atoms with Gasteiger partial charge in [0, 0.05) is 5.56 Å². The molecule has 7 nitrogen and oxygen atoms in total. The number of esters is 1. The van der Waals surface area contributed by atoms with Crippen molar-refractivity contribution in [3.63, 3.8) is 0 Å². The highest BCUT2D eigenvalue weighted by molar-refractivity contribution is 6.00. The molecular weight excluding hydrogens is 384 g/mol. The summed E-state index contributed by atoms with van der Waals surface area (Å²) >= 11 is 0. The van der Waals surface area contributed by atoms with E-state index in [1.165, 1.54) is 0 Å². The van der Waals surface area contributed by atoms with Crippen molar-refractivity contribution in [3.8, 4) is 11.5 Å². The van der Waals surface area contributed by atoms with Crippen LogP contribution >= 0.6 is 0 Å². The smallest absolute Gasteiger partial charge is 0.330 e. The second-order valence-electron chi connectivity index (χ2n) is 7.30. The predicted octanol–water partition coefficient (Wildman–Crippen LogP) is 2.85. The van der Waals surface area contributed by atoms with E-state index < -0.39 is 11.5 Å². The number of benzene rings is 2. The van der Waals surface area contributed by atoms with E-state index in [4.69, 9.17) is 9.47 Å². The lowest BCUT2D eigenvalue weighted by Crippen LogP contribution is -2.60. The van der Waals surface area contributed by atoms with Gasteiger partial charge < -0.3 is 20.1 Å². The largest absolute Gasteiger partial charge is 0.497 e. The molecule has 0 bridgehead atoms. The Bertz CT molecular complexity index is 874. The first kappa shape index (κ1) is 21.4. The van der Waals surface area contributed by atoms with E-state index in [1.54, 1.807) is 55.6 Å². The fraction of sp³-hybridized carbons (Fsp3) is 0.348. The second kappa shape index (κ2) is 9.91. The predicted molar refractivity (Wildman–Crippen MR) is 111 cm³/mol. The van der Waals surface area contributed by atoms with Crippen molar-refractivity contribution in [2.75, 3.05) is 13.7 Å². The maximum atomic E-state index is 13.0. The van der Waals surface area contributed by atoms with Crippen molar-refractivity contribution in [2.24, 2.45) is 0 Å². The summed E-state index contributed by atoms with van der Waals surface area (Å²) in [6.45, 7) is -0.270. The molecule has 3 rings (SSSR count). The van der Waals surface area contributed by atoms with E-state index in [9.17, 15) is 14.4 Å². The van der Waals surface area contributed by atoms with E-state index in [2.05, 4.69) is 10.6 Å². The second-order valence-corrected chi connectivity index (χ2v) is 7.30. The van der Waals surface area contributed by atoms with Crippen LogP contribution in [0.25, 0.3) is 0 Å². The van der Waals surface area contributed by atoms with Gasteiger partial charge in [-0.2, -0.15) is 0 Å². The average molecular weight is 410 g/mol. The zero-order valence-corrected chi connectivity index (χ0v) is 17.0. The van der Waals surface area contributed by atoms with Crippen LogP contribution in [0, 0.1) is 0 Å². The standard InChI is InChI=1S/C23H26N2O5/c1-29-18-12-10-17(11-13-18)21(27)25-23(14-6-3-7-15-23)22(28)24-16-20(26)30-19-8-4-2-5-9-19/h2,4-5,8-13H,3,6-7,14-16H2,1H3,(H,24,28)(H,25,27). The van der Waals surface area contributed by atoms with Gasteiger partial charge in [-0.25, -0.2) is 4.79 Å². The van der Waals surface area contributed by atoms with Crippen LogP contribution in [0.15, 0.2) is 54.6 Å². The Balaban J connectivity index is 1.63. The topological polar surface area (TPSA) is 93.7 Å². The van der Waals surface area contributed by atoms with Crippen LogP contribution < -0.4 is 20.1 Å². The van der Waals surface area contributed by atoms with Crippen LogP contribution in [0.4, 0.5) is 0 Å². The van der Waals surface area contributed by atoms with E-state index in [0.717, 1.165) is 19.3 Å². The van der Waals surface area contributed by atoms with Crippen LogP contribution in [0.1, 0.15) is 42.5 Å². The Labute approximate surface area is 175 Å². The van der Waals surface area contributed by atoms with Crippen LogP contribution in [-0.2, 0) is 9.59 Å². The first-order valence-electron chi connectivity index (χ1n) is 10.0. The molecule has 0 unspecified atom stereocenters. The molecule has 7 heteroatoms. The highest BCUT2D eigenvalue weighted by Gasteiger charge is 2.41. The number of methoxy groups -OCH3 is 1. The lowest BCUT2D eigenvalue weighted by Gasteiger charge is -2.36. The van der Waals surface area contributed by atoms with Crippen molar-refractivity contribution in [1.29, 1.82) is 0 Å². The fourth-order valence-electron chi connectivity index (χ4n) is 3.57. The third-order valence-corrected chi connectivity index (χ3v) is 5.21. The van der Waals surface area contributed by atoms with Crippen molar-refractivity contribution in [2.45, 2.75) is 37.6 Å². The number of rotatable bonds is 7. The van der Waals surface area contributed by atoms with Gasteiger partial charge >= 0.3 is 5.97 Å². The molecular formula is C23H26N2O5. The van der Waals surface area contributed by atoms with E-state index in [1.807, 2.05) is 6.07 Å². The van der Waals surface area contributed by atoms with Gasteiger partial charge in [0.2, 0.25) is 5.91 Å². The highest BCUT2D eigenvalue weighted by Crippen LogP contribution is 2.29. The Morgan fingerprint density at radius 1 is 0.900 bits per heavy atom. The van der Waals surface area contributed by atoms with Gasteiger partial charge in [-0.3, -0.25) is 9.59 Å². The third kappa shape index (κ3) is 5.37. The molecule has 2 N–H and O–H groups in total. The molecule has 1 fully saturated rings. The number of amides is 2. The van der Waals surface area contributed by atoms with Crippen LogP contribution in [0.5, 0.6) is 11.5 Å². The Morgan fingerprint density at radius 3 is 2.20 bits per heavy atom.